The van der Waals surface area contributed by atoms with E-state index in [-0.39, 0.29) is 5.56 Å². The summed E-state index contributed by atoms with van der Waals surface area (Å²) in [5.74, 6) is -0.0913. The predicted octanol–water partition coefficient (Wildman–Crippen LogP) is 2.95. The molecule has 0 unspecified atom stereocenters. The van der Waals surface area contributed by atoms with Crippen molar-refractivity contribution in [3.05, 3.63) is 46.5 Å². The maximum absolute atomic E-state index is 13.6. The van der Waals surface area contributed by atoms with Gasteiger partial charge in [0.15, 0.2) is 0 Å². The lowest BCUT2D eigenvalue weighted by molar-refractivity contribution is 0.0945. The number of nitrogens with one attached hydrogen (secondary N) is 1. The van der Waals surface area contributed by atoms with Crippen LogP contribution < -0.4 is 5.32 Å². The molecule has 1 aliphatic carbocycles. The molecule has 0 bridgehead atoms. The zero-order valence-electron chi connectivity index (χ0n) is 11.3. The quantitative estimate of drug-likeness (QED) is 0.848. The Morgan fingerprint density at radius 1 is 1.42 bits per heavy atom. The molecule has 1 N–H and O–H groups in total. The predicted molar refractivity (Wildman–Crippen MR) is 71.4 cm³/mol. The molecule has 0 radical (unpaired) electrons. The van der Waals surface area contributed by atoms with Crippen molar-refractivity contribution in [2.24, 2.45) is 0 Å². The summed E-state index contributed by atoms with van der Waals surface area (Å²) in [7, 11) is 1.60. The van der Waals surface area contributed by atoms with Gasteiger partial charge in [-0.3, -0.25) is 4.79 Å². The number of carbonyl (C=O) groups excluding carboxylic acids is 1. The summed E-state index contributed by atoms with van der Waals surface area (Å²) < 4.78 is 18.9. The van der Waals surface area contributed by atoms with E-state index in [0.29, 0.717) is 12.1 Å². The fourth-order valence-electron chi connectivity index (χ4n) is 2.14. The van der Waals surface area contributed by atoms with Crippen molar-refractivity contribution in [2.75, 3.05) is 13.7 Å². The Balaban J connectivity index is 2.05. The van der Waals surface area contributed by atoms with Crippen molar-refractivity contribution in [3.63, 3.8) is 0 Å². The molecule has 0 heterocycles. The molecule has 2 rings (SSSR count). The van der Waals surface area contributed by atoms with Gasteiger partial charge < -0.3 is 10.1 Å². The van der Waals surface area contributed by atoms with Crippen molar-refractivity contribution in [1.82, 2.24) is 5.32 Å². The molecule has 0 aliphatic heterocycles. The number of halogens is 1. The van der Waals surface area contributed by atoms with Crippen LogP contribution in [-0.2, 0) is 4.74 Å². The number of hydrogen-bond donors (Lipinski definition) is 1. The standard InChI is InChI=1S/C15H18FNO2/c1-10-5-3-8-12(16)14(10)15(18)17-9-13(19-2)11-6-4-7-11/h3,5,8H,4,6-7,9H2,1-2H3,(H,17,18). The summed E-state index contributed by atoms with van der Waals surface area (Å²) in [6.07, 6.45) is 3.22. The molecule has 0 aromatic heterocycles. The van der Waals surface area contributed by atoms with Crippen LogP contribution in [0.4, 0.5) is 4.39 Å². The van der Waals surface area contributed by atoms with Gasteiger partial charge in [0.05, 0.1) is 19.2 Å². The minimum atomic E-state index is -0.493. The van der Waals surface area contributed by atoms with Crippen LogP contribution in [0.1, 0.15) is 35.2 Å². The highest BCUT2D eigenvalue weighted by Gasteiger charge is 2.18. The minimum absolute atomic E-state index is 0.108. The van der Waals surface area contributed by atoms with E-state index in [4.69, 9.17) is 4.74 Å². The average molecular weight is 263 g/mol. The third kappa shape index (κ3) is 2.95. The Hall–Kier alpha value is -1.84. The summed E-state index contributed by atoms with van der Waals surface area (Å²) in [4.78, 5) is 12.0. The summed E-state index contributed by atoms with van der Waals surface area (Å²) in [6, 6.07) is 4.61. The van der Waals surface area contributed by atoms with Crippen molar-refractivity contribution in [3.8, 4) is 0 Å². The molecular weight excluding hydrogens is 245 g/mol. The topological polar surface area (TPSA) is 38.3 Å². The van der Waals surface area contributed by atoms with Gasteiger partial charge in [-0.15, -0.1) is 0 Å². The molecule has 0 atom stereocenters. The lowest BCUT2D eigenvalue weighted by Gasteiger charge is -2.21. The highest BCUT2D eigenvalue weighted by Crippen LogP contribution is 2.28. The number of ether oxygens (including phenoxy) is 1. The van der Waals surface area contributed by atoms with Gasteiger partial charge in [0.2, 0.25) is 0 Å². The van der Waals surface area contributed by atoms with Crippen molar-refractivity contribution < 1.29 is 13.9 Å². The average Bonchev–Trinajstić information content (AvgIpc) is 2.31. The van der Waals surface area contributed by atoms with E-state index in [1.165, 1.54) is 18.1 Å². The number of hydrogen-bond acceptors (Lipinski definition) is 2. The first-order valence-electron chi connectivity index (χ1n) is 6.41. The Bertz CT molecular complexity index is 497. The minimum Gasteiger partial charge on any atom is -0.499 e. The van der Waals surface area contributed by atoms with E-state index in [1.807, 2.05) is 0 Å². The summed E-state index contributed by atoms with van der Waals surface area (Å²) in [5, 5.41) is 2.72. The summed E-state index contributed by atoms with van der Waals surface area (Å²) in [6.45, 7) is 2.04. The first-order valence-corrected chi connectivity index (χ1v) is 6.41. The van der Waals surface area contributed by atoms with Crippen molar-refractivity contribution >= 4 is 5.91 Å². The number of rotatable bonds is 4. The summed E-state index contributed by atoms with van der Waals surface area (Å²) >= 11 is 0. The molecule has 3 nitrogen and oxygen atoms in total. The van der Waals surface area contributed by atoms with Gasteiger partial charge in [-0.05, 0) is 43.4 Å². The maximum Gasteiger partial charge on any atom is 0.254 e. The number of benzene rings is 1. The molecule has 102 valence electrons. The number of carbonyl (C=O) groups is 1. The lowest BCUT2D eigenvalue weighted by atomic mass is 9.91. The van der Waals surface area contributed by atoms with Crippen molar-refractivity contribution in [2.45, 2.75) is 26.2 Å². The maximum atomic E-state index is 13.6. The van der Waals surface area contributed by atoms with Crippen LogP contribution in [0.5, 0.6) is 0 Å². The number of aryl methyl sites for hydroxylation is 1. The van der Waals surface area contributed by atoms with Gasteiger partial charge in [0.25, 0.3) is 5.91 Å². The monoisotopic (exact) mass is 263 g/mol. The zero-order chi connectivity index (χ0) is 13.8. The molecule has 0 spiro atoms. The van der Waals surface area contributed by atoms with Gasteiger partial charge in [0.1, 0.15) is 11.6 Å². The third-order valence-corrected chi connectivity index (χ3v) is 3.46. The Labute approximate surface area is 112 Å². The van der Waals surface area contributed by atoms with Crippen LogP contribution in [0.3, 0.4) is 0 Å². The molecule has 0 saturated heterocycles. The van der Waals surface area contributed by atoms with Gasteiger partial charge in [-0.2, -0.15) is 0 Å². The highest BCUT2D eigenvalue weighted by molar-refractivity contribution is 5.96. The fourth-order valence-corrected chi connectivity index (χ4v) is 2.14. The Kier molecular flexibility index (Phi) is 4.20. The van der Waals surface area contributed by atoms with E-state index in [1.54, 1.807) is 26.2 Å². The van der Waals surface area contributed by atoms with Gasteiger partial charge in [-0.25, -0.2) is 4.39 Å². The van der Waals surface area contributed by atoms with Gasteiger partial charge in [0, 0.05) is 0 Å². The van der Waals surface area contributed by atoms with Crippen LogP contribution in [0.15, 0.2) is 29.5 Å². The van der Waals surface area contributed by atoms with Crippen LogP contribution in [-0.4, -0.2) is 19.6 Å². The first-order chi connectivity index (χ1) is 9.13. The first kappa shape index (κ1) is 13.6. The van der Waals surface area contributed by atoms with Gasteiger partial charge in [-0.1, -0.05) is 12.1 Å². The van der Waals surface area contributed by atoms with Crippen LogP contribution in [0, 0.1) is 12.7 Å². The normalized spacial score (nSPS) is 13.7. The second-order valence-electron chi connectivity index (χ2n) is 4.70. The van der Waals surface area contributed by atoms with E-state index < -0.39 is 11.7 Å². The molecule has 4 heteroatoms. The highest BCUT2D eigenvalue weighted by atomic mass is 19.1. The second kappa shape index (κ2) is 5.87. The van der Waals surface area contributed by atoms with E-state index in [9.17, 15) is 9.18 Å². The molecule has 1 fully saturated rings. The molecule has 1 aliphatic rings. The van der Waals surface area contributed by atoms with Crippen LogP contribution >= 0.6 is 0 Å². The molecule has 1 amide bonds. The molecule has 1 aromatic carbocycles. The number of allylic oxidation sites excluding steroid dienone is 1. The zero-order valence-corrected chi connectivity index (χ0v) is 11.3. The summed E-state index contributed by atoms with van der Waals surface area (Å²) in [5.41, 5.74) is 1.98. The van der Waals surface area contributed by atoms with Gasteiger partial charge >= 0.3 is 0 Å². The molecule has 19 heavy (non-hydrogen) atoms. The second-order valence-corrected chi connectivity index (χ2v) is 4.70. The SMILES string of the molecule is COC(CNC(=O)c1c(C)cccc1F)=C1CCC1. The van der Waals surface area contributed by atoms with E-state index >= 15 is 0 Å². The third-order valence-electron chi connectivity index (χ3n) is 3.46. The van der Waals surface area contributed by atoms with Crippen LogP contribution in [0.2, 0.25) is 0 Å². The Morgan fingerprint density at radius 2 is 2.16 bits per heavy atom. The number of methoxy groups -OCH3 is 1. The fraction of sp³-hybridized carbons (Fsp3) is 0.400. The van der Waals surface area contributed by atoms with E-state index in [2.05, 4.69) is 5.32 Å². The molecular formula is C15H18FNO2. The molecule has 1 saturated carbocycles. The van der Waals surface area contributed by atoms with Crippen molar-refractivity contribution in [1.29, 1.82) is 0 Å². The lowest BCUT2D eigenvalue weighted by Crippen LogP contribution is -2.28. The Morgan fingerprint density at radius 3 is 2.68 bits per heavy atom. The van der Waals surface area contributed by atoms with E-state index in [0.717, 1.165) is 18.6 Å². The number of amides is 1. The smallest absolute Gasteiger partial charge is 0.254 e. The largest absolute Gasteiger partial charge is 0.499 e. The van der Waals surface area contributed by atoms with Crippen LogP contribution in [0.25, 0.3) is 0 Å². The molecule has 1 aromatic rings.